The number of aromatic nitrogens is 2. The number of ether oxygens (including phenoxy) is 1. The lowest BCUT2D eigenvalue weighted by molar-refractivity contribution is 0.454. The van der Waals surface area contributed by atoms with Crippen LogP contribution in [-0.2, 0) is 0 Å². The summed E-state index contributed by atoms with van der Waals surface area (Å²) < 4.78 is 5.93. The minimum atomic E-state index is 0.443. The van der Waals surface area contributed by atoms with E-state index in [0.717, 1.165) is 30.0 Å². The molecule has 0 N–H and O–H groups in total. The van der Waals surface area contributed by atoms with E-state index in [-0.39, 0.29) is 0 Å². The van der Waals surface area contributed by atoms with E-state index in [1.807, 2.05) is 6.07 Å². The molecule has 2 aromatic rings. The Morgan fingerprint density at radius 3 is 2.55 bits per heavy atom. The highest BCUT2D eigenvalue weighted by atomic mass is 35.5. The van der Waals surface area contributed by atoms with Crippen LogP contribution in [0.2, 0.25) is 5.15 Å². The van der Waals surface area contributed by atoms with Crippen molar-refractivity contribution in [1.82, 2.24) is 9.97 Å². The number of hydrogen-bond acceptors (Lipinski definition) is 3. The second-order valence-electron chi connectivity index (χ2n) is 5.47. The molecule has 0 bridgehead atoms. The Labute approximate surface area is 124 Å². The van der Waals surface area contributed by atoms with Crippen molar-refractivity contribution in [2.24, 2.45) is 0 Å². The lowest BCUT2D eigenvalue weighted by Crippen LogP contribution is -1.98. The van der Waals surface area contributed by atoms with Crippen molar-refractivity contribution < 1.29 is 4.74 Å². The van der Waals surface area contributed by atoms with Crippen LogP contribution in [0.4, 0.5) is 0 Å². The van der Waals surface area contributed by atoms with Crippen LogP contribution in [0.3, 0.4) is 0 Å². The number of benzene rings is 1. The van der Waals surface area contributed by atoms with Crippen LogP contribution < -0.4 is 4.74 Å². The van der Waals surface area contributed by atoms with Gasteiger partial charge < -0.3 is 4.74 Å². The summed E-state index contributed by atoms with van der Waals surface area (Å²) in [5, 5.41) is 0.443. The largest absolute Gasteiger partial charge is 0.439 e. The number of aryl methyl sites for hydroxylation is 2. The maximum Gasteiger partial charge on any atom is 0.224 e. The van der Waals surface area contributed by atoms with Gasteiger partial charge in [0.1, 0.15) is 16.7 Å². The van der Waals surface area contributed by atoms with Gasteiger partial charge in [0.05, 0.1) is 0 Å². The molecule has 0 radical (unpaired) electrons. The molecule has 3 rings (SSSR count). The van der Waals surface area contributed by atoms with Gasteiger partial charge in [0.25, 0.3) is 0 Å². The van der Waals surface area contributed by atoms with Crippen LogP contribution in [0, 0.1) is 20.8 Å². The molecule has 0 atom stereocenters. The normalized spacial score (nSPS) is 14.4. The van der Waals surface area contributed by atoms with Gasteiger partial charge in [-0.1, -0.05) is 17.7 Å². The fourth-order valence-electron chi connectivity index (χ4n) is 2.21. The summed E-state index contributed by atoms with van der Waals surface area (Å²) in [6.07, 6.45) is 2.28. The van der Waals surface area contributed by atoms with Gasteiger partial charge in [0, 0.05) is 12.0 Å². The molecule has 0 amide bonds. The third-order valence-corrected chi connectivity index (χ3v) is 3.80. The monoisotopic (exact) mass is 288 g/mol. The summed E-state index contributed by atoms with van der Waals surface area (Å²) in [4.78, 5) is 8.74. The molecule has 3 nitrogen and oxygen atoms in total. The molecule has 1 aromatic carbocycles. The van der Waals surface area contributed by atoms with Crippen molar-refractivity contribution in [1.29, 1.82) is 0 Å². The van der Waals surface area contributed by atoms with E-state index in [9.17, 15) is 0 Å². The first-order valence-electron chi connectivity index (χ1n) is 6.83. The standard InChI is InChI=1S/C16H17ClN2O/c1-9-6-10(2)11(3)13(7-9)20-15-8-14(17)18-16(19-15)12-4-5-12/h6-8,12H,4-5H2,1-3H3. The number of nitrogens with zero attached hydrogens (tertiary/aromatic N) is 2. The second-order valence-corrected chi connectivity index (χ2v) is 5.86. The van der Waals surface area contributed by atoms with Gasteiger partial charge in [-0.05, 0) is 56.4 Å². The first-order chi connectivity index (χ1) is 9.52. The minimum Gasteiger partial charge on any atom is -0.439 e. The average Bonchev–Trinajstić information content (AvgIpc) is 3.18. The van der Waals surface area contributed by atoms with Crippen molar-refractivity contribution in [2.45, 2.75) is 39.5 Å². The van der Waals surface area contributed by atoms with E-state index < -0.39 is 0 Å². The molecule has 1 saturated carbocycles. The van der Waals surface area contributed by atoms with Crippen molar-refractivity contribution in [3.05, 3.63) is 45.9 Å². The molecule has 0 spiro atoms. The molecule has 4 heteroatoms. The zero-order chi connectivity index (χ0) is 14.3. The van der Waals surface area contributed by atoms with E-state index in [0.29, 0.717) is 17.0 Å². The molecule has 0 saturated heterocycles. The van der Waals surface area contributed by atoms with Crippen LogP contribution in [0.5, 0.6) is 11.6 Å². The maximum absolute atomic E-state index is 6.06. The molecule has 20 heavy (non-hydrogen) atoms. The summed E-state index contributed by atoms with van der Waals surface area (Å²) in [5.74, 6) is 2.62. The quantitative estimate of drug-likeness (QED) is 0.766. The summed E-state index contributed by atoms with van der Waals surface area (Å²) in [5.41, 5.74) is 3.51. The van der Waals surface area contributed by atoms with Crippen LogP contribution in [0.15, 0.2) is 18.2 Å². The molecular weight excluding hydrogens is 272 g/mol. The Morgan fingerprint density at radius 2 is 1.85 bits per heavy atom. The molecular formula is C16H17ClN2O. The minimum absolute atomic E-state index is 0.443. The zero-order valence-electron chi connectivity index (χ0n) is 11.9. The van der Waals surface area contributed by atoms with Gasteiger partial charge in [-0.3, -0.25) is 0 Å². The molecule has 0 unspecified atom stereocenters. The fourth-order valence-corrected chi connectivity index (χ4v) is 2.39. The zero-order valence-corrected chi connectivity index (χ0v) is 12.7. The maximum atomic E-state index is 6.06. The Morgan fingerprint density at radius 1 is 1.10 bits per heavy atom. The topological polar surface area (TPSA) is 35.0 Å². The van der Waals surface area contributed by atoms with E-state index in [4.69, 9.17) is 16.3 Å². The third kappa shape index (κ3) is 2.78. The number of rotatable bonds is 3. The molecule has 1 aliphatic carbocycles. The summed E-state index contributed by atoms with van der Waals surface area (Å²) in [6.45, 7) is 6.19. The van der Waals surface area contributed by atoms with Crippen LogP contribution in [-0.4, -0.2) is 9.97 Å². The van der Waals surface area contributed by atoms with Gasteiger partial charge in [0.15, 0.2) is 0 Å². The van der Waals surface area contributed by atoms with Crippen molar-refractivity contribution in [3.8, 4) is 11.6 Å². The van der Waals surface area contributed by atoms with Gasteiger partial charge in [-0.25, -0.2) is 4.98 Å². The Hall–Kier alpha value is -1.61. The summed E-state index contributed by atoms with van der Waals surface area (Å²) in [7, 11) is 0. The number of hydrogen-bond donors (Lipinski definition) is 0. The smallest absolute Gasteiger partial charge is 0.224 e. The van der Waals surface area contributed by atoms with Gasteiger partial charge in [0.2, 0.25) is 5.88 Å². The van der Waals surface area contributed by atoms with E-state index in [2.05, 4.69) is 36.8 Å². The first kappa shape index (κ1) is 13.4. The van der Waals surface area contributed by atoms with E-state index in [1.165, 1.54) is 11.1 Å². The van der Waals surface area contributed by atoms with Crippen LogP contribution in [0.25, 0.3) is 0 Å². The SMILES string of the molecule is Cc1cc(C)c(C)c(Oc2cc(Cl)nc(C3CC3)n2)c1. The highest BCUT2D eigenvalue weighted by Gasteiger charge is 2.27. The van der Waals surface area contributed by atoms with E-state index >= 15 is 0 Å². The highest BCUT2D eigenvalue weighted by molar-refractivity contribution is 6.29. The van der Waals surface area contributed by atoms with Gasteiger partial charge in [-0.2, -0.15) is 4.98 Å². The predicted octanol–water partition coefficient (Wildman–Crippen LogP) is 4.72. The predicted molar refractivity (Wildman–Crippen MR) is 79.7 cm³/mol. The highest BCUT2D eigenvalue weighted by Crippen LogP contribution is 2.39. The third-order valence-electron chi connectivity index (χ3n) is 3.61. The molecule has 1 fully saturated rings. The Bertz CT molecular complexity index is 666. The average molecular weight is 289 g/mol. The summed E-state index contributed by atoms with van der Waals surface area (Å²) in [6, 6.07) is 5.84. The van der Waals surface area contributed by atoms with Crippen molar-refractivity contribution in [3.63, 3.8) is 0 Å². The number of halogens is 1. The van der Waals surface area contributed by atoms with Crippen molar-refractivity contribution >= 4 is 11.6 Å². The molecule has 1 heterocycles. The Kier molecular flexibility index (Phi) is 3.38. The van der Waals surface area contributed by atoms with Gasteiger partial charge in [-0.15, -0.1) is 0 Å². The Balaban J connectivity index is 1.95. The molecule has 104 valence electrons. The van der Waals surface area contributed by atoms with E-state index in [1.54, 1.807) is 6.07 Å². The second kappa shape index (κ2) is 5.06. The first-order valence-corrected chi connectivity index (χ1v) is 7.21. The lowest BCUT2D eigenvalue weighted by Gasteiger charge is -2.12. The van der Waals surface area contributed by atoms with Crippen LogP contribution >= 0.6 is 11.6 Å². The van der Waals surface area contributed by atoms with Crippen LogP contribution in [0.1, 0.15) is 41.3 Å². The van der Waals surface area contributed by atoms with Gasteiger partial charge >= 0.3 is 0 Å². The molecule has 0 aliphatic heterocycles. The molecule has 1 aromatic heterocycles. The van der Waals surface area contributed by atoms with Crippen molar-refractivity contribution in [2.75, 3.05) is 0 Å². The fraction of sp³-hybridized carbons (Fsp3) is 0.375. The molecule has 1 aliphatic rings. The lowest BCUT2D eigenvalue weighted by atomic mass is 10.1. The summed E-state index contributed by atoms with van der Waals surface area (Å²) >= 11 is 6.06.